The Hall–Kier alpha value is -2.24. The van der Waals surface area contributed by atoms with E-state index < -0.39 is 23.1 Å². The monoisotopic (exact) mass is 323 g/mol. The van der Waals surface area contributed by atoms with Gasteiger partial charge >= 0.3 is 11.9 Å². The third kappa shape index (κ3) is 8.09. The quantitative estimate of drug-likeness (QED) is 0.663. The molecular weight excluding hydrogens is 298 g/mol. The molecule has 0 aromatic carbocycles. The zero-order valence-corrected chi connectivity index (χ0v) is 14.6. The molecule has 0 amide bonds. The Morgan fingerprint density at radius 2 is 1.74 bits per heavy atom. The van der Waals surface area contributed by atoms with Crippen molar-refractivity contribution in [3.8, 4) is 0 Å². The molecule has 23 heavy (non-hydrogen) atoms. The molecule has 1 aromatic heterocycles. The zero-order valence-electron chi connectivity index (χ0n) is 14.6. The van der Waals surface area contributed by atoms with E-state index >= 15 is 0 Å². The fraction of sp³-hybridized carbons (Fsp3) is 0.529. The second-order valence-electron chi connectivity index (χ2n) is 7.03. The molecule has 1 rings (SSSR count). The molecule has 0 radical (unpaired) electrons. The SMILES string of the molecule is CC(C)(C)OC(=O)/C=C(\NCc1ccco1)C(=O)OC(C)(C)C. The lowest BCUT2D eigenvalue weighted by molar-refractivity contribution is -0.153. The minimum atomic E-state index is -0.670. The molecule has 0 fully saturated rings. The molecule has 0 spiro atoms. The third-order valence-electron chi connectivity index (χ3n) is 2.32. The van der Waals surface area contributed by atoms with E-state index in [-0.39, 0.29) is 12.2 Å². The smallest absolute Gasteiger partial charge is 0.355 e. The average Bonchev–Trinajstić information content (AvgIpc) is 2.82. The summed E-state index contributed by atoms with van der Waals surface area (Å²) in [5.74, 6) is -0.621. The summed E-state index contributed by atoms with van der Waals surface area (Å²) in [5, 5.41) is 2.85. The first kappa shape index (κ1) is 18.8. The molecule has 1 N–H and O–H groups in total. The first-order chi connectivity index (χ1) is 10.5. The Balaban J connectivity index is 2.86. The molecule has 0 aliphatic heterocycles. The number of ether oxygens (including phenoxy) is 2. The summed E-state index contributed by atoms with van der Waals surface area (Å²) in [6.45, 7) is 10.8. The number of rotatable bonds is 5. The number of hydrogen-bond acceptors (Lipinski definition) is 6. The van der Waals surface area contributed by atoms with Crippen molar-refractivity contribution in [2.45, 2.75) is 59.3 Å². The summed E-state index contributed by atoms with van der Waals surface area (Å²) < 4.78 is 15.7. The first-order valence-corrected chi connectivity index (χ1v) is 7.40. The lowest BCUT2D eigenvalue weighted by atomic mass is 10.2. The first-order valence-electron chi connectivity index (χ1n) is 7.40. The molecule has 0 saturated heterocycles. The maximum absolute atomic E-state index is 12.2. The summed E-state index contributed by atoms with van der Waals surface area (Å²) >= 11 is 0. The summed E-state index contributed by atoms with van der Waals surface area (Å²) in [5.41, 5.74) is -1.30. The van der Waals surface area contributed by atoms with Gasteiger partial charge < -0.3 is 19.2 Å². The fourth-order valence-electron chi connectivity index (χ4n) is 1.56. The van der Waals surface area contributed by atoms with Crippen LogP contribution in [0.15, 0.2) is 34.6 Å². The van der Waals surface area contributed by atoms with Gasteiger partial charge in [-0.3, -0.25) is 0 Å². The van der Waals surface area contributed by atoms with Gasteiger partial charge in [-0.05, 0) is 53.7 Å². The highest BCUT2D eigenvalue weighted by Crippen LogP contribution is 2.12. The van der Waals surface area contributed by atoms with E-state index in [1.54, 1.807) is 53.7 Å². The molecule has 6 nitrogen and oxygen atoms in total. The zero-order chi connectivity index (χ0) is 17.7. The lowest BCUT2D eigenvalue weighted by Crippen LogP contribution is -2.31. The predicted octanol–water partition coefficient (Wildman–Crippen LogP) is 2.94. The summed E-state index contributed by atoms with van der Waals surface area (Å²) in [4.78, 5) is 24.2. The highest BCUT2D eigenvalue weighted by molar-refractivity contribution is 5.96. The van der Waals surface area contributed by atoms with Gasteiger partial charge in [-0.25, -0.2) is 9.59 Å². The standard InChI is InChI=1S/C17H25NO5/c1-16(2,3)22-14(19)10-13(15(20)23-17(4,5)6)18-11-12-8-7-9-21-12/h7-10,18H,11H2,1-6H3/b13-10-. The Morgan fingerprint density at radius 1 is 1.13 bits per heavy atom. The summed E-state index contributed by atoms with van der Waals surface area (Å²) in [7, 11) is 0. The molecule has 0 aliphatic carbocycles. The number of carbonyl (C=O) groups is 2. The number of furan rings is 1. The van der Waals surface area contributed by atoms with Crippen LogP contribution in [0.4, 0.5) is 0 Å². The third-order valence-corrected chi connectivity index (χ3v) is 2.32. The topological polar surface area (TPSA) is 77.8 Å². The van der Waals surface area contributed by atoms with Crippen LogP contribution in [0, 0.1) is 0 Å². The number of hydrogen-bond donors (Lipinski definition) is 1. The van der Waals surface area contributed by atoms with Crippen LogP contribution >= 0.6 is 0 Å². The minimum absolute atomic E-state index is 0.0191. The van der Waals surface area contributed by atoms with E-state index in [9.17, 15) is 9.59 Å². The van der Waals surface area contributed by atoms with Crippen LogP contribution in [-0.2, 0) is 25.6 Å². The highest BCUT2D eigenvalue weighted by Gasteiger charge is 2.22. The summed E-state index contributed by atoms with van der Waals surface area (Å²) in [6.07, 6.45) is 2.63. The number of esters is 2. The van der Waals surface area contributed by atoms with Crippen LogP contribution in [0.2, 0.25) is 0 Å². The molecule has 0 unspecified atom stereocenters. The normalized spacial score (nSPS) is 12.7. The molecular formula is C17H25NO5. The van der Waals surface area contributed by atoms with Crippen molar-refractivity contribution in [3.05, 3.63) is 35.9 Å². The Labute approximate surface area is 136 Å². The molecule has 0 saturated carbocycles. The van der Waals surface area contributed by atoms with Crippen molar-refractivity contribution in [2.24, 2.45) is 0 Å². The van der Waals surface area contributed by atoms with E-state index in [0.717, 1.165) is 6.08 Å². The van der Waals surface area contributed by atoms with Crippen LogP contribution in [0.25, 0.3) is 0 Å². The van der Waals surface area contributed by atoms with Crippen LogP contribution in [0.1, 0.15) is 47.3 Å². The van der Waals surface area contributed by atoms with E-state index in [1.807, 2.05) is 0 Å². The van der Waals surface area contributed by atoms with E-state index in [4.69, 9.17) is 13.9 Å². The van der Waals surface area contributed by atoms with Crippen LogP contribution in [-0.4, -0.2) is 23.1 Å². The number of nitrogens with one attached hydrogen (secondary N) is 1. The van der Waals surface area contributed by atoms with Crippen LogP contribution < -0.4 is 5.32 Å². The second-order valence-corrected chi connectivity index (χ2v) is 7.03. The van der Waals surface area contributed by atoms with Gasteiger partial charge in [-0.15, -0.1) is 0 Å². The van der Waals surface area contributed by atoms with Gasteiger partial charge in [0.15, 0.2) is 0 Å². The predicted molar refractivity (Wildman–Crippen MR) is 85.3 cm³/mol. The maximum atomic E-state index is 12.2. The minimum Gasteiger partial charge on any atom is -0.467 e. The van der Waals surface area contributed by atoms with E-state index in [1.165, 1.54) is 6.26 Å². The van der Waals surface area contributed by atoms with Gasteiger partial charge in [0.2, 0.25) is 0 Å². The number of carbonyl (C=O) groups excluding carboxylic acids is 2. The second kappa shape index (κ2) is 7.35. The van der Waals surface area contributed by atoms with Gasteiger partial charge in [0.05, 0.1) is 18.9 Å². The molecule has 6 heteroatoms. The highest BCUT2D eigenvalue weighted by atomic mass is 16.6. The molecule has 1 heterocycles. The lowest BCUT2D eigenvalue weighted by Gasteiger charge is -2.22. The summed E-state index contributed by atoms with van der Waals surface area (Å²) in [6, 6.07) is 3.49. The Bertz CT molecular complexity index is 559. The van der Waals surface area contributed by atoms with Crippen molar-refractivity contribution in [3.63, 3.8) is 0 Å². The van der Waals surface area contributed by atoms with Crippen molar-refractivity contribution < 1.29 is 23.5 Å². The molecule has 1 aromatic rings. The molecule has 0 aliphatic rings. The molecule has 0 bridgehead atoms. The average molecular weight is 323 g/mol. The fourth-order valence-corrected chi connectivity index (χ4v) is 1.56. The van der Waals surface area contributed by atoms with Gasteiger partial charge in [0, 0.05) is 0 Å². The largest absolute Gasteiger partial charge is 0.467 e. The van der Waals surface area contributed by atoms with Crippen LogP contribution in [0.3, 0.4) is 0 Å². The van der Waals surface area contributed by atoms with Crippen molar-refractivity contribution in [2.75, 3.05) is 0 Å². The molecule has 128 valence electrons. The Kier molecular flexibility index (Phi) is 6.01. The van der Waals surface area contributed by atoms with Gasteiger partial charge in [0.25, 0.3) is 0 Å². The van der Waals surface area contributed by atoms with Gasteiger partial charge in [-0.2, -0.15) is 0 Å². The van der Waals surface area contributed by atoms with Gasteiger partial charge in [0.1, 0.15) is 22.7 Å². The van der Waals surface area contributed by atoms with E-state index in [2.05, 4.69) is 5.32 Å². The van der Waals surface area contributed by atoms with E-state index in [0.29, 0.717) is 5.76 Å². The maximum Gasteiger partial charge on any atom is 0.355 e. The Morgan fingerprint density at radius 3 is 2.22 bits per heavy atom. The van der Waals surface area contributed by atoms with Crippen molar-refractivity contribution in [1.82, 2.24) is 5.32 Å². The van der Waals surface area contributed by atoms with Crippen molar-refractivity contribution in [1.29, 1.82) is 0 Å². The van der Waals surface area contributed by atoms with Gasteiger partial charge in [-0.1, -0.05) is 0 Å². The van der Waals surface area contributed by atoms with Crippen LogP contribution in [0.5, 0.6) is 0 Å². The van der Waals surface area contributed by atoms with Crippen molar-refractivity contribution >= 4 is 11.9 Å². The molecule has 0 atom stereocenters.